The fourth-order valence-electron chi connectivity index (χ4n) is 12.2. The predicted octanol–water partition coefficient (Wildman–Crippen LogP) is 20.3. The average molecular weight is 990 g/mol. The van der Waals surface area contributed by atoms with Gasteiger partial charge in [-0.3, -0.25) is 0 Å². The minimum atomic E-state index is -0.547. The van der Waals surface area contributed by atoms with E-state index in [9.17, 15) is 0 Å². The molecule has 76 heavy (non-hydrogen) atoms. The molecule has 0 unspecified atom stereocenters. The van der Waals surface area contributed by atoms with Crippen molar-refractivity contribution in [3.05, 3.63) is 313 Å². The fraction of sp³-hybridized carbons (Fsp3) is 0.0137. The van der Waals surface area contributed by atoms with Crippen molar-refractivity contribution >= 4 is 65.6 Å². The van der Waals surface area contributed by atoms with Crippen LogP contribution in [0.1, 0.15) is 29.1 Å². The summed E-state index contributed by atoms with van der Waals surface area (Å²) >= 11 is 1.82. The van der Waals surface area contributed by atoms with E-state index >= 15 is 0 Å². The second-order valence-electron chi connectivity index (χ2n) is 19.6. The van der Waals surface area contributed by atoms with E-state index in [1.807, 2.05) is 53.8 Å². The molecule has 3 heteroatoms. The maximum absolute atomic E-state index is 8.82. The van der Waals surface area contributed by atoms with Crippen LogP contribution in [0.2, 0.25) is 0 Å². The topological polar surface area (TPSA) is 6.48 Å². The van der Waals surface area contributed by atoms with E-state index in [0.29, 0.717) is 5.56 Å². The molecule has 0 atom stereocenters. The van der Waals surface area contributed by atoms with Crippen molar-refractivity contribution in [1.29, 1.82) is 0 Å². The molecule has 1 heterocycles. The number of anilines is 6. The number of rotatable bonds is 9. The zero-order valence-electron chi connectivity index (χ0n) is 46.1. The molecule has 0 saturated heterocycles. The molecule has 1 aromatic heterocycles. The highest BCUT2D eigenvalue weighted by Gasteiger charge is 2.51. The van der Waals surface area contributed by atoms with Crippen molar-refractivity contribution in [3.8, 4) is 55.6 Å². The van der Waals surface area contributed by atoms with E-state index in [4.69, 9.17) is 6.85 Å². The average Bonchev–Trinajstić information content (AvgIpc) is 3.07. The first-order valence-electron chi connectivity index (χ1n) is 28.2. The SMILES string of the molecule is [2H]c1c([2H])c([2H])c(-c2ccc(N(c3ccccc3)c3cc(-c4cccc(-c5ccc6sc7ccccc7c6c5)c4)cc(N(c4ccccc4)c4ccc5c(c4)C4(c6ccccc6-c6ccccc64)c4ccccc4-5)c3)cc2)c([2H])c1[2H]. The van der Waals surface area contributed by atoms with Crippen LogP contribution in [0.4, 0.5) is 34.1 Å². The minimum Gasteiger partial charge on any atom is -0.310 e. The summed E-state index contributed by atoms with van der Waals surface area (Å²) in [7, 11) is 0. The molecule has 0 radical (unpaired) electrons. The van der Waals surface area contributed by atoms with E-state index in [1.165, 1.54) is 64.7 Å². The van der Waals surface area contributed by atoms with Crippen molar-refractivity contribution in [3.63, 3.8) is 0 Å². The third-order valence-corrected chi connectivity index (χ3v) is 16.7. The summed E-state index contributed by atoms with van der Waals surface area (Å²) in [5.41, 5.74) is 20.1. The molecule has 2 aliphatic rings. The molecular weight excluding hydrogens is 937 g/mol. The molecule has 0 bridgehead atoms. The van der Waals surface area contributed by atoms with E-state index in [1.54, 1.807) is 0 Å². The molecule has 0 amide bonds. The number of hydrogen-bond donors (Lipinski definition) is 0. The van der Waals surface area contributed by atoms with Crippen LogP contribution < -0.4 is 9.80 Å². The molecule has 15 rings (SSSR count). The van der Waals surface area contributed by atoms with Crippen LogP contribution in [-0.2, 0) is 5.41 Å². The van der Waals surface area contributed by atoms with Crippen molar-refractivity contribution in [1.82, 2.24) is 0 Å². The Morgan fingerprint density at radius 3 is 1.41 bits per heavy atom. The quantitative estimate of drug-likeness (QED) is 0.142. The van der Waals surface area contributed by atoms with Crippen LogP contribution in [-0.4, -0.2) is 0 Å². The van der Waals surface area contributed by atoms with Crippen LogP contribution in [0.25, 0.3) is 75.8 Å². The summed E-state index contributed by atoms with van der Waals surface area (Å²) in [6, 6.07) is 92.0. The van der Waals surface area contributed by atoms with Crippen LogP contribution in [0.5, 0.6) is 0 Å². The lowest BCUT2D eigenvalue weighted by Gasteiger charge is -2.33. The highest BCUT2D eigenvalue weighted by molar-refractivity contribution is 7.25. The lowest BCUT2D eigenvalue weighted by Crippen LogP contribution is -2.26. The molecule has 2 nitrogen and oxygen atoms in total. The van der Waals surface area contributed by atoms with Gasteiger partial charge in [0.05, 0.1) is 12.3 Å². The van der Waals surface area contributed by atoms with Crippen LogP contribution in [0.3, 0.4) is 0 Å². The number of para-hydroxylation sites is 2. The van der Waals surface area contributed by atoms with Gasteiger partial charge in [0.15, 0.2) is 0 Å². The summed E-state index contributed by atoms with van der Waals surface area (Å²) in [6.07, 6.45) is 0. The Labute approximate surface area is 454 Å². The summed E-state index contributed by atoms with van der Waals surface area (Å²) in [6.45, 7) is 0. The zero-order valence-corrected chi connectivity index (χ0v) is 41.9. The highest BCUT2D eigenvalue weighted by Crippen LogP contribution is 2.63. The first kappa shape index (κ1) is 39.0. The number of nitrogens with zero attached hydrogens (tertiary/aromatic N) is 2. The molecule has 0 saturated carbocycles. The van der Waals surface area contributed by atoms with Gasteiger partial charge in [-0.2, -0.15) is 0 Å². The lowest BCUT2D eigenvalue weighted by molar-refractivity contribution is 0.793. The van der Waals surface area contributed by atoms with Gasteiger partial charge in [0.1, 0.15) is 0 Å². The molecule has 12 aromatic carbocycles. The maximum Gasteiger partial charge on any atom is 0.0726 e. The van der Waals surface area contributed by atoms with Gasteiger partial charge < -0.3 is 9.80 Å². The predicted molar refractivity (Wildman–Crippen MR) is 321 cm³/mol. The molecule has 0 aliphatic heterocycles. The third kappa shape index (κ3) is 7.01. The molecule has 1 spiro atoms. The Balaban J connectivity index is 0.956. The minimum absolute atomic E-state index is 0.164. The van der Waals surface area contributed by atoms with Crippen molar-refractivity contribution in [2.75, 3.05) is 9.80 Å². The number of hydrogen-bond acceptors (Lipinski definition) is 3. The monoisotopic (exact) mass is 989 g/mol. The maximum atomic E-state index is 8.82. The first-order chi connectivity index (χ1) is 39.7. The van der Waals surface area contributed by atoms with Gasteiger partial charge in [-0.25, -0.2) is 0 Å². The smallest absolute Gasteiger partial charge is 0.0726 e. The van der Waals surface area contributed by atoms with Gasteiger partial charge in [0, 0.05) is 54.3 Å². The molecule has 356 valence electrons. The molecule has 13 aromatic rings. The van der Waals surface area contributed by atoms with Crippen molar-refractivity contribution < 1.29 is 6.85 Å². The Hall–Kier alpha value is -9.54. The highest BCUT2D eigenvalue weighted by atomic mass is 32.1. The van der Waals surface area contributed by atoms with Crippen LogP contribution in [0, 0.1) is 0 Å². The zero-order chi connectivity index (χ0) is 54.5. The van der Waals surface area contributed by atoms with Crippen molar-refractivity contribution in [2.24, 2.45) is 0 Å². The Bertz CT molecular complexity index is 4580. The third-order valence-electron chi connectivity index (χ3n) is 15.5. The Kier molecular flexibility index (Phi) is 9.16. The van der Waals surface area contributed by atoms with Crippen LogP contribution in [0.15, 0.2) is 291 Å². The summed E-state index contributed by atoms with van der Waals surface area (Å²) in [5, 5.41) is 2.51. The number of fused-ring (bicyclic) bond motifs is 13. The van der Waals surface area contributed by atoms with E-state index in [2.05, 4.69) is 228 Å². The van der Waals surface area contributed by atoms with Gasteiger partial charge >= 0.3 is 0 Å². The second kappa shape index (κ2) is 17.8. The second-order valence-corrected chi connectivity index (χ2v) is 20.7. The van der Waals surface area contributed by atoms with Gasteiger partial charge in [-0.1, -0.05) is 200 Å². The van der Waals surface area contributed by atoms with Crippen molar-refractivity contribution in [2.45, 2.75) is 5.41 Å². The standard InChI is InChI=1S/C73H48N2S/c1-4-19-49(20-5-1)50-35-38-57(39-36-50)74(55-23-6-2-7-24-55)59-44-54(52-22-18-21-51(43-52)53-37-42-72-66(46-53)65-30-13-17-34-71(65)76-72)45-60(47-59)75(56-25-8-3-9-26-56)58-40-41-64-63-29-12-16-33-69(63)73(70(64)48-58)67-31-14-10-27-61(67)62-28-11-15-32-68(62)73/h1-48H/i1D,4D,5D,19D,20D. The summed E-state index contributed by atoms with van der Waals surface area (Å²) < 4.78 is 45.4. The lowest BCUT2D eigenvalue weighted by atomic mass is 9.70. The van der Waals surface area contributed by atoms with Gasteiger partial charge in [0.25, 0.3) is 0 Å². The fourth-order valence-corrected chi connectivity index (χ4v) is 13.3. The normalized spacial score (nSPS) is 13.5. The molecule has 0 fully saturated rings. The summed E-state index contributed by atoms with van der Waals surface area (Å²) in [4.78, 5) is 4.63. The number of thiophene rings is 1. The molecule has 2 aliphatic carbocycles. The van der Waals surface area contributed by atoms with Crippen LogP contribution >= 0.6 is 11.3 Å². The van der Waals surface area contributed by atoms with E-state index < -0.39 is 11.5 Å². The van der Waals surface area contributed by atoms with Gasteiger partial charge in [0.2, 0.25) is 0 Å². The van der Waals surface area contributed by atoms with Gasteiger partial charge in [-0.15, -0.1) is 11.3 Å². The first-order valence-corrected chi connectivity index (χ1v) is 26.5. The molecular formula is C73H48N2S. The number of benzene rings is 12. The van der Waals surface area contributed by atoms with Gasteiger partial charge in [-0.05, 0) is 169 Å². The summed E-state index contributed by atoms with van der Waals surface area (Å²) in [5.74, 6) is 0. The Morgan fingerprint density at radius 2 is 0.763 bits per heavy atom. The molecule has 0 N–H and O–H groups in total. The Morgan fingerprint density at radius 1 is 0.276 bits per heavy atom. The largest absolute Gasteiger partial charge is 0.310 e. The van der Waals surface area contributed by atoms with E-state index in [-0.39, 0.29) is 29.7 Å². The van der Waals surface area contributed by atoms with E-state index in [0.717, 1.165) is 56.4 Å².